The number of aryl methyl sites for hydroxylation is 1. The average molecular weight is 292 g/mol. The van der Waals surface area contributed by atoms with Crippen LogP contribution in [0.5, 0.6) is 0 Å². The van der Waals surface area contributed by atoms with Crippen LogP contribution >= 0.6 is 11.3 Å². The third-order valence-electron chi connectivity index (χ3n) is 4.82. The average Bonchev–Trinajstić information content (AvgIpc) is 3.34. The molecule has 0 amide bonds. The monoisotopic (exact) mass is 292 g/mol. The molecule has 0 aromatic carbocycles. The van der Waals surface area contributed by atoms with Crippen LogP contribution < -0.4 is 5.73 Å². The van der Waals surface area contributed by atoms with Gasteiger partial charge in [-0.2, -0.15) is 0 Å². The van der Waals surface area contributed by atoms with E-state index in [1.807, 2.05) is 11.3 Å². The fraction of sp³-hybridized carbons (Fsp3) is 0.765. The van der Waals surface area contributed by atoms with Gasteiger partial charge in [0.05, 0.1) is 6.04 Å². The van der Waals surface area contributed by atoms with Crippen LogP contribution in [0.3, 0.4) is 0 Å². The smallest absolute Gasteiger partial charge is 0.0596 e. The van der Waals surface area contributed by atoms with Crippen LogP contribution in [0.2, 0.25) is 0 Å². The predicted molar refractivity (Wildman–Crippen MR) is 87.1 cm³/mol. The van der Waals surface area contributed by atoms with Crippen molar-refractivity contribution in [3.8, 4) is 0 Å². The number of rotatable bonds is 8. The Kier molecular flexibility index (Phi) is 4.49. The molecule has 2 fully saturated rings. The highest BCUT2D eigenvalue weighted by Crippen LogP contribution is 2.40. The molecule has 0 bridgehead atoms. The molecular weight excluding hydrogens is 264 g/mol. The van der Waals surface area contributed by atoms with Gasteiger partial charge in [0, 0.05) is 24.0 Å². The molecule has 2 unspecified atom stereocenters. The van der Waals surface area contributed by atoms with Gasteiger partial charge in [-0.25, -0.2) is 0 Å². The fourth-order valence-corrected chi connectivity index (χ4v) is 4.24. The molecule has 0 spiro atoms. The first kappa shape index (κ1) is 14.6. The van der Waals surface area contributed by atoms with Gasteiger partial charge in [0.2, 0.25) is 0 Å². The molecule has 2 N–H and O–H groups in total. The van der Waals surface area contributed by atoms with Crippen LogP contribution in [-0.2, 0) is 0 Å². The highest BCUT2D eigenvalue weighted by Gasteiger charge is 2.35. The third-order valence-corrected chi connectivity index (χ3v) is 5.91. The van der Waals surface area contributed by atoms with Gasteiger partial charge in [0.15, 0.2) is 0 Å². The van der Waals surface area contributed by atoms with Gasteiger partial charge < -0.3 is 5.73 Å². The van der Waals surface area contributed by atoms with Gasteiger partial charge in [0.25, 0.3) is 0 Å². The molecule has 1 heterocycles. The Bertz CT molecular complexity index is 420. The van der Waals surface area contributed by atoms with E-state index in [1.54, 1.807) is 0 Å². The molecule has 20 heavy (non-hydrogen) atoms. The van der Waals surface area contributed by atoms with Gasteiger partial charge in [0.1, 0.15) is 0 Å². The summed E-state index contributed by atoms with van der Waals surface area (Å²) in [5, 5.41) is 2.23. The quantitative estimate of drug-likeness (QED) is 0.786. The van der Waals surface area contributed by atoms with Crippen LogP contribution in [0.25, 0.3) is 0 Å². The molecule has 2 aliphatic carbocycles. The van der Waals surface area contributed by atoms with Gasteiger partial charge in [-0.15, -0.1) is 11.3 Å². The van der Waals surface area contributed by atoms with Crippen LogP contribution in [0.4, 0.5) is 0 Å². The van der Waals surface area contributed by atoms with Gasteiger partial charge in [-0.3, -0.25) is 4.90 Å². The van der Waals surface area contributed by atoms with Crippen molar-refractivity contribution in [1.82, 2.24) is 4.90 Å². The lowest BCUT2D eigenvalue weighted by Crippen LogP contribution is -2.42. The van der Waals surface area contributed by atoms with Crippen molar-refractivity contribution in [3.63, 3.8) is 0 Å². The van der Waals surface area contributed by atoms with Crippen molar-refractivity contribution in [1.29, 1.82) is 0 Å². The van der Waals surface area contributed by atoms with Crippen molar-refractivity contribution in [3.05, 3.63) is 21.9 Å². The number of nitrogens with two attached hydrogens (primary N) is 1. The molecule has 1 aromatic rings. The second-order valence-electron chi connectivity index (χ2n) is 6.83. The van der Waals surface area contributed by atoms with E-state index < -0.39 is 0 Å². The molecule has 1 aromatic heterocycles. The van der Waals surface area contributed by atoms with Crippen molar-refractivity contribution < 1.29 is 0 Å². The SMILES string of the molecule is CCC(N)C(c1sccc1C)N(CC1CC1)CC1CC1. The normalized spacial score (nSPS) is 22.2. The maximum atomic E-state index is 6.54. The Hall–Kier alpha value is -0.380. The van der Waals surface area contributed by atoms with Gasteiger partial charge >= 0.3 is 0 Å². The lowest BCUT2D eigenvalue weighted by atomic mass is 9.99. The summed E-state index contributed by atoms with van der Waals surface area (Å²) in [6.45, 7) is 7.01. The fourth-order valence-electron chi connectivity index (χ4n) is 3.11. The van der Waals surface area contributed by atoms with Crippen molar-refractivity contribution in [2.45, 2.75) is 58.0 Å². The molecule has 3 rings (SSSR count). The van der Waals surface area contributed by atoms with E-state index in [-0.39, 0.29) is 6.04 Å². The summed E-state index contributed by atoms with van der Waals surface area (Å²) in [5.41, 5.74) is 7.97. The van der Waals surface area contributed by atoms with Crippen molar-refractivity contribution in [2.75, 3.05) is 13.1 Å². The van der Waals surface area contributed by atoms with E-state index >= 15 is 0 Å². The van der Waals surface area contributed by atoms with E-state index in [9.17, 15) is 0 Å². The van der Waals surface area contributed by atoms with Crippen LogP contribution in [0, 0.1) is 18.8 Å². The highest BCUT2D eigenvalue weighted by molar-refractivity contribution is 7.10. The number of thiophene rings is 1. The molecule has 0 saturated heterocycles. The molecule has 2 saturated carbocycles. The first-order valence-corrected chi connectivity index (χ1v) is 9.10. The number of nitrogens with zero attached hydrogens (tertiary/aromatic N) is 1. The van der Waals surface area contributed by atoms with Crippen LogP contribution in [0.15, 0.2) is 11.4 Å². The Morgan fingerprint density at radius 3 is 2.25 bits per heavy atom. The second kappa shape index (κ2) is 6.17. The first-order chi connectivity index (χ1) is 9.69. The summed E-state index contributed by atoms with van der Waals surface area (Å²) in [4.78, 5) is 4.25. The van der Waals surface area contributed by atoms with Crippen LogP contribution in [-0.4, -0.2) is 24.0 Å². The van der Waals surface area contributed by atoms with Crippen molar-refractivity contribution in [2.24, 2.45) is 17.6 Å². The number of hydrogen-bond donors (Lipinski definition) is 1. The number of hydrogen-bond acceptors (Lipinski definition) is 3. The summed E-state index contributed by atoms with van der Waals surface area (Å²) >= 11 is 1.90. The zero-order valence-corrected chi connectivity index (χ0v) is 13.7. The highest BCUT2D eigenvalue weighted by atomic mass is 32.1. The first-order valence-electron chi connectivity index (χ1n) is 8.22. The Balaban J connectivity index is 1.81. The van der Waals surface area contributed by atoms with Crippen LogP contribution in [0.1, 0.15) is 55.5 Å². The summed E-state index contributed by atoms with van der Waals surface area (Å²) in [7, 11) is 0. The molecule has 0 aliphatic heterocycles. The topological polar surface area (TPSA) is 29.3 Å². The lowest BCUT2D eigenvalue weighted by Gasteiger charge is -2.35. The molecule has 2 aliphatic rings. The van der Waals surface area contributed by atoms with Gasteiger partial charge in [-0.05, 0) is 67.9 Å². The molecule has 2 atom stereocenters. The summed E-state index contributed by atoms with van der Waals surface area (Å²) in [6.07, 6.45) is 6.78. The van der Waals surface area contributed by atoms with Crippen molar-refractivity contribution >= 4 is 11.3 Å². The van der Waals surface area contributed by atoms with E-state index in [0.29, 0.717) is 6.04 Å². The molecule has 112 valence electrons. The predicted octanol–water partition coefficient (Wildman–Crippen LogP) is 3.96. The second-order valence-corrected chi connectivity index (χ2v) is 7.77. The molecular formula is C17H28N2S. The Morgan fingerprint density at radius 2 is 1.85 bits per heavy atom. The minimum absolute atomic E-state index is 0.268. The lowest BCUT2D eigenvalue weighted by molar-refractivity contribution is 0.157. The Morgan fingerprint density at radius 1 is 1.25 bits per heavy atom. The standard InChI is InChI=1S/C17H28N2S/c1-3-15(18)16(17-12(2)8-9-20-17)19(10-13-4-5-13)11-14-6-7-14/h8-9,13-16H,3-7,10-11,18H2,1-2H3. The summed E-state index contributed by atoms with van der Waals surface area (Å²) < 4.78 is 0. The summed E-state index contributed by atoms with van der Waals surface area (Å²) in [5.74, 6) is 1.89. The van der Waals surface area contributed by atoms with Gasteiger partial charge in [-0.1, -0.05) is 6.92 Å². The maximum absolute atomic E-state index is 6.54. The maximum Gasteiger partial charge on any atom is 0.0596 e. The van der Waals surface area contributed by atoms with E-state index in [4.69, 9.17) is 5.73 Å². The largest absolute Gasteiger partial charge is 0.326 e. The van der Waals surface area contributed by atoms with E-state index in [1.165, 1.54) is 49.2 Å². The Labute approximate surface area is 127 Å². The molecule has 3 heteroatoms. The summed E-state index contributed by atoms with van der Waals surface area (Å²) in [6, 6.07) is 2.97. The minimum Gasteiger partial charge on any atom is -0.326 e. The van der Waals surface area contributed by atoms with E-state index in [2.05, 4.69) is 30.2 Å². The zero-order valence-electron chi connectivity index (χ0n) is 12.8. The zero-order chi connectivity index (χ0) is 14.1. The third kappa shape index (κ3) is 3.44. The van der Waals surface area contributed by atoms with E-state index in [0.717, 1.165) is 18.3 Å². The minimum atomic E-state index is 0.268. The molecule has 2 nitrogen and oxygen atoms in total. The molecule has 0 radical (unpaired) electrons.